The number of fused-ring (bicyclic) bond motifs is 1. The molecule has 6 heteroatoms. The lowest BCUT2D eigenvalue weighted by Gasteiger charge is -2.31. The molecule has 1 saturated heterocycles. The second kappa shape index (κ2) is 11.8. The largest absolute Gasteiger partial charge is 0.488 e. The minimum atomic E-state index is 0.105. The van der Waals surface area contributed by atoms with Crippen molar-refractivity contribution in [1.82, 2.24) is 10.3 Å². The molecule has 0 atom stereocenters. The van der Waals surface area contributed by atoms with Crippen LogP contribution in [0, 0.1) is 12.8 Å². The molecule has 3 aromatic rings. The maximum Gasteiger partial charge on any atom is 0.223 e. The predicted molar refractivity (Wildman–Crippen MR) is 140 cm³/mol. The Hall–Kier alpha value is -2.96. The first-order valence-corrected chi connectivity index (χ1v) is 13.2. The van der Waals surface area contributed by atoms with Crippen molar-refractivity contribution in [3.8, 4) is 5.75 Å². The Balaban J connectivity index is 1.18. The van der Waals surface area contributed by atoms with Crippen LogP contribution in [0.5, 0.6) is 5.75 Å². The molecule has 0 radical (unpaired) electrons. The molecule has 1 amide bonds. The fraction of sp³-hybridized carbons (Fsp3) is 0.467. The Kier molecular flexibility index (Phi) is 8.14. The lowest BCUT2D eigenvalue weighted by atomic mass is 9.91. The van der Waals surface area contributed by atoms with Crippen molar-refractivity contribution < 1.29 is 19.0 Å². The van der Waals surface area contributed by atoms with Gasteiger partial charge >= 0.3 is 0 Å². The van der Waals surface area contributed by atoms with Crippen molar-refractivity contribution in [3.05, 3.63) is 71.4 Å². The quantitative estimate of drug-likeness (QED) is 0.454. The number of carbonyl (C=O) groups excluding carboxylic acids is 1. The highest BCUT2D eigenvalue weighted by atomic mass is 16.5. The number of pyridine rings is 1. The molecule has 2 heterocycles. The minimum absolute atomic E-state index is 0.105. The average molecular weight is 489 g/mol. The van der Waals surface area contributed by atoms with Gasteiger partial charge in [0.2, 0.25) is 5.91 Å². The van der Waals surface area contributed by atoms with E-state index in [0.29, 0.717) is 26.4 Å². The van der Waals surface area contributed by atoms with Crippen LogP contribution in [0.4, 0.5) is 0 Å². The van der Waals surface area contributed by atoms with Crippen LogP contribution in [0.3, 0.4) is 0 Å². The minimum Gasteiger partial charge on any atom is -0.488 e. The number of hydrogen-bond acceptors (Lipinski definition) is 5. The Bertz CT molecular complexity index is 1150. The van der Waals surface area contributed by atoms with Gasteiger partial charge in [0.15, 0.2) is 0 Å². The van der Waals surface area contributed by atoms with E-state index in [2.05, 4.69) is 30.4 Å². The molecule has 2 aromatic carbocycles. The van der Waals surface area contributed by atoms with E-state index in [1.807, 2.05) is 36.4 Å². The van der Waals surface area contributed by atoms with Crippen molar-refractivity contribution in [2.75, 3.05) is 13.2 Å². The van der Waals surface area contributed by atoms with Crippen molar-refractivity contribution in [1.29, 1.82) is 0 Å². The normalized spacial score (nSPS) is 20.8. The molecule has 1 aliphatic carbocycles. The Morgan fingerprint density at radius 3 is 2.44 bits per heavy atom. The molecule has 1 aliphatic heterocycles. The number of nitrogens with one attached hydrogen (secondary N) is 1. The van der Waals surface area contributed by atoms with Crippen molar-refractivity contribution in [3.63, 3.8) is 0 Å². The highest BCUT2D eigenvalue weighted by Gasteiger charge is 2.27. The van der Waals surface area contributed by atoms with Crippen molar-refractivity contribution >= 4 is 16.8 Å². The van der Waals surface area contributed by atoms with Gasteiger partial charge in [0.1, 0.15) is 12.4 Å². The number of nitrogens with zero attached hydrogens (tertiary/aromatic N) is 1. The van der Waals surface area contributed by atoms with Crippen LogP contribution in [0.15, 0.2) is 54.6 Å². The fourth-order valence-corrected chi connectivity index (χ4v) is 5.23. The zero-order chi connectivity index (χ0) is 24.7. The van der Waals surface area contributed by atoms with E-state index in [4.69, 9.17) is 19.2 Å². The first-order valence-electron chi connectivity index (χ1n) is 13.2. The highest BCUT2D eigenvalue weighted by molar-refractivity contribution is 5.86. The molecule has 2 aliphatic rings. The van der Waals surface area contributed by atoms with Gasteiger partial charge in [0.25, 0.3) is 0 Å². The highest BCUT2D eigenvalue weighted by Crippen LogP contribution is 2.32. The maximum absolute atomic E-state index is 12.6. The van der Waals surface area contributed by atoms with E-state index in [1.54, 1.807) is 0 Å². The van der Waals surface area contributed by atoms with Gasteiger partial charge in [-0.25, -0.2) is 4.98 Å². The maximum atomic E-state index is 12.6. The van der Waals surface area contributed by atoms with Gasteiger partial charge in [0, 0.05) is 36.1 Å². The van der Waals surface area contributed by atoms with Gasteiger partial charge in [-0.15, -0.1) is 0 Å². The van der Waals surface area contributed by atoms with Crippen LogP contribution in [0.2, 0.25) is 0 Å². The summed E-state index contributed by atoms with van der Waals surface area (Å²) in [5, 5.41) is 4.29. The lowest BCUT2D eigenvalue weighted by molar-refractivity contribution is -0.129. The molecular formula is C30H36N2O4. The van der Waals surface area contributed by atoms with E-state index < -0.39 is 0 Å². The van der Waals surface area contributed by atoms with E-state index in [0.717, 1.165) is 72.0 Å². The summed E-state index contributed by atoms with van der Waals surface area (Å²) >= 11 is 0. The Morgan fingerprint density at radius 2 is 1.67 bits per heavy atom. The van der Waals surface area contributed by atoms with Gasteiger partial charge in [-0.1, -0.05) is 42.5 Å². The van der Waals surface area contributed by atoms with Gasteiger partial charge in [-0.05, 0) is 63.1 Å². The van der Waals surface area contributed by atoms with E-state index in [9.17, 15) is 4.79 Å². The molecule has 1 aromatic heterocycles. The van der Waals surface area contributed by atoms with E-state index >= 15 is 0 Å². The molecule has 0 unspecified atom stereocenters. The second-order valence-corrected chi connectivity index (χ2v) is 9.98. The number of para-hydroxylation sites is 1. The monoisotopic (exact) mass is 488 g/mol. The zero-order valence-corrected chi connectivity index (χ0v) is 21.1. The summed E-state index contributed by atoms with van der Waals surface area (Å²) in [5.74, 6) is 1.18. The van der Waals surface area contributed by atoms with E-state index in [1.165, 1.54) is 0 Å². The van der Waals surface area contributed by atoms with Crippen LogP contribution in [-0.2, 0) is 27.5 Å². The summed E-state index contributed by atoms with van der Waals surface area (Å²) in [5.41, 5.74) is 4.01. The van der Waals surface area contributed by atoms with Gasteiger partial charge in [-0.2, -0.15) is 0 Å². The third-order valence-electron chi connectivity index (χ3n) is 7.47. The molecule has 0 spiro atoms. The summed E-state index contributed by atoms with van der Waals surface area (Å²) in [6, 6.07) is 18.6. The van der Waals surface area contributed by atoms with Crippen LogP contribution in [-0.4, -0.2) is 36.3 Å². The van der Waals surface area contributed by atoms with Crippen molar-refractivity contribution in [2.45, 2.75) is 70.8 Å². The molecule has 2 fully saturated rings. The van der Waals surface area contributed by atoms with Crippen LogP contribution in [0.25, 0.3) is 10.9 Å². The number of carbonyl (C=O) groups is 1. The third-order valence-corrected chi connectivity index (χ3v) is 7.47. The zero-order valence-electron chi connectivity index (χ0n) is 21.1. The summed E-state index contributed by atoms with van der Waals surface area (Å²) in [6.07, 6.45) is 5.65. The molecule has 36 heavy (non-hydrogen) atoms. The summed E-state index contributed by atoms with van der Waals surface area (Å²) in [4.78, 5) is 17.5. The molecule has 5 rings (SSSR count). The van der Waals surface area contributed by atoms with E-state index in [-0.39, 0.29) is 24.0 Å². The van der Waals surface area contributed by atoms with Crippen LogP contribution >= 0.6 is 0 Å². The lowest BCUT2D eigenvalue weighted by Crippen LogP contribution is -2.43. The van der Waals surface area contributed by atoms with Gasteiger partial charge in [-0.3, -0.25) is 4.79 Å². The molecular weight excluding hydrogens is 452 g/mol. The first-order chi connectivity index (χ1) is 17.7. The number of rotatable bonds is 8. The molecule has 1 N–H and O–H groups in total. The van der Waals surface area contributed by atoms with Crippen LogP contribution < -0.4 is 10.1 Å². The molecule has 1 saturated carbocycles. The summed E-state index contributed by atoms with van der Waals surface area (Å²) in [7, 11) is 0. The van der Waals surface area contributed by atoms with Gasteiger partial charge < -0.3 is 19.5 Å². The summed E-state index contributed by atoms with van der Waals surface area (Å²) in [6.45, 7) is 4.43. The number of amides is 1. The molecule has 6 nitrogen and oxygen atoms in total. The Morgan fingerprint density at radius 1 is 0.944 bits per heavy atom. The number of hydrogen-bond donors (Lipinski definition) is 1. The fourth-order valence-electron chi connectivity index (χ4n) is 5.23. The molecule has 190 valence electrons. The number of benzene rings is 2. The first kappa shape index (κ1) is 24.7. The van der Waals surface area contributed by atoms with Crippen molar-refractivity contribution in [2.24, 2.45) is 5.92 Å². The van der Waals surface area contributed by atoms with Gasteiger partial charge in [0.05, 0.1) is 23.9 Å². The SMILES string of the molecule is Cc1c(CO[C@H]2CC[C@H](NC(=O)C3CCOCC3)CC2)nc2ccccc2c1OCc1ccccc1. The van der Waals surface area contributed by atoms with Crippen LogP contribution in [0.1, 0.15) is 55.3 Å². The standard InChI is InChI=1S/C30H36N2O4/c1-21-28(20-35-25-13-11-24(12-14-25)31-30(33)23-15-17-34-18-16-23)32-27-10-6-5-9-26(27)29(21)36-19-22-7-3-2-4-8-22/h2-10,23-25H,11-20H2,1H3,(H,31,33)/t24-,25-. The third kappa shape index (κ3) is 6.05. The average Bonchev–Trinajstić information content (AvgIpc) is 2.93. The summed E-state index contributed by atoms with van der Waals surface area (Å²) < 4.78 is 18.0. The number of ether oxygens (including phenoxy) is 3. The smallest absolute Gasteiger partial charge is 0.223 e. The predicted octanol–water partition coefficient (Wildman–Crippen LogP) is 5.49. The Labute approximate surface area is 213 Å². The topological polar surface area (TPSA) is 69.7 Å². The number of aromatic nitrogens is 1. The molecule has 0 bridgehead atoms. The second-order valence-electron chi connectivity index (χ2n) is 9.98.